The van der Waals surface area contributed by atoms with Crippen LogP contribution >= 0.6 is 0 Å². The molecule has 2 rings (SSSR count). The second-order valence-electron chi connectivity index (χ2n) is 4.73. The molecule has 1 aliphatic heterocycles. The molecule has 0 spiro atoms. The lowest BCUT2D eigenvalue weighted by atomic mass is 9.71. The van der Waals surface area contributed by atoms with Gasteiger partial charge in [0.2, 0.25) is 5.91 Å². The van der Waals surface area contributed by atoms with Crippen molar-refractivity contribution in [3.63, 3.8) is 0 Å². The van der Waals surface area contributed by atoms with E-state index in [1.54, 1.807) is 0 Å². The predicted molar refractivity (Wildman–Crippen MR) is 66.1 cm³/mol. The van der Waals surface area contributed by atoms with Gasteiger partial charge < -0.3 is 14.9 Å². The quantitative estimate of drug-likeness (QED) is 0.730. The first-order valence-electron chi connectivity index (χ1n) is 6.05. The number of rotatable bonds is 1. The third kappa shape index (κ3) is 2.66. The Balaban J connectivity index is 2.53. The second kappa shape index (κ2) is 5.10. The van der Waals surface area contributed by atoms with Gasteiger partial charge >= 0.3 is 13.3 Å². The van der Waals surface area contributed by atoms with Crippen LogP contribution in [0.1, 0.15) is 23.6 Å². The molecule has 1 aromatic rings. The molecule has 1 aromatic carbocycles. The summed E-state index contributed by atoms with van der Waals surface area (Å²) in [6, 6.07) is 2.12. The maximum Gasteiger partial charge on any atom is 0.489 e. The Labute approximate surface area is 114 Å². The lowest BCUT2D eigenvalue weighted by Gasteiger charge is -2.30. The van der Waals surface area contributed by atoms with Crippen molar-refractivity contribution in [3.8, 4) is 0 Å². The van der Waals surface area contributed by atoms with E-state index in [0.29, 0.717) is 5.56 Å². The molecule has 0 bridgehead atoms. The molecule has 8 heteroatoms. The van der Waals surface area contributed by atoms with Crippen molar-refractivity contribution in [1.82, 2.24) is 4.90 Å². The number of alkyl halides is 3. The Bertz CT molecular complexity index is 545. The van der Waals surface area contributed by atoms with E-state index in [1.165, 1.54) is 17.9 Å². The first-order chi connectivity index (χ1) is 9.21. The minimum Gasteiger partial charge on any atom is -0.423 e. The SMILES string of the molecule is CC(=O)N1CCc2c(ccc(C(F)(F)F)c2B(O)O)C1. The summed E-state index contributed by atoms with van der Waals surface area (Å²) in [5.74, 6) is -0.165. The molecule has 0 atom stereocenters. The van der Waals surface area contributed by atoms with E-state index in [4.69, 9.17) is 0 Å². The van der Waals surface area contributed by atoms with Crippen LogP contribution in [0.2, 0.25) is 0 Å². The molecule has 108 valence electrons. The molecular formula is C12H13BF3NO3. The van der Waals surface area contributed by atoms with Crippen LogP contribution in [0, 0.1) is 0 Å². The Morgan fingerprint density at radius 1 is 1.35 bits per heavy atom. The van der Waals surface area contributed by atoms with E-state index in [1.807, 2.05) is 0 Å². The molecule has 0 unspecified atom stereocenters. The van der Waals surface area contributed by atoms with Gasteiger partial charge in [0.15, 0.2) is 0 Å². The molecule has 4 nitrogen and oxygen atoms in total. The van der Waals surface area contributed by atoms with Crippen molar-refractivity contribution in [2.24, 2.45) is 0 Å². The second-order valence-corrected chi connectivity index (χ2v) is 4.73. The van der Waals surface area contributed by atoms with Gasteiger partial charge in [-0.25, -0.2) is 0 Å². The van der Waals surface area contributed by atoms with E-state index < -0.39 is 24.3 Å². The van der Waals surface area contributed by atoms with E-state index >= 15 is 0 Å². The fourth-order valence-corrected chi connectivity index (χ4v) is 2.50. The zero-order valence-electron chi connectivity index (χ0n) is 10.7. The van der Waals surface area contributed by atoms with Gasteiger partial charge in [-0.1, -0.05) is 12.1 Å². The minimum absolute atomic E-state index is 0.165. The van der Waals surface area contributed by atoms with Crippen LogP contribution < -0.4 is 5.46 Å². The first kappa shape index (κ1) is 14.9. The van der Waals surface area contributed by atoms with Crippen molar-refractivity contribution >= 4 is 18.5 Å². The normalized spacial score (nSPS) is 15.0. The highest BCUT2D eigenvalue weighted by Crippen LogP contribution is 2.31. The average molecular weight is 287 g/mol. The summed E-state index contributed by atoms with van der Waals surface area (Å²) in [7, 11) is -2.19. The Hall–Kier alpha value is -1.54. The molecule has 0 aliphatic carbocycles. The van der Waals surface area contributed by atoms with Crippen LogP contribution in [-0.2, 0) is 23.9 Å². The lowest BCUT2D eigenvalue weighted by Crippen LogP contribution is -2.44. The van der Waals surface area contributed by atoms with Crippen LogP contribution in [0.4, 0.5) is 13.2 Å². The van der Waals surface area contributed by atoms with E-state index in [2.05, 4.69) is 0 Å². The van der Waals surface area contributed by atoms with Crippen LogP contribution in [0.5, 0.6) is 0 Å². The largest absolute Gasteiger partial charge is 0.489 e. The van der Waals surface area contributed by atoms with Gasteiger partial charge in [0.25, 0.3) is 0 Å². The molecule has 1 heterocycles. The van der Waals surface area contributed by atoms with E-state index in [-0.39, 0.29) is 31.0 Å². The maximum absolute atomic E-state index is 12.9. The van der Waals surface area contributed by atoms with Gasteiger partial charge in [0.05, 0.1) is 5.56 Å². The van der Waals surface area contributed by atoms with E-state index in [0.717, 1.165) is 6.07 Å². The Morgan fingerprint density at radius 3 is 2.50 bits per heavy atom. The third-order valence-electron chi connectivity index (χ3n) is 3.46. The number of carbonyl (C=O) groups excluding carboxylic acids is 1. The summed E-state index contributed by atoms with van der Waals surface area (Å²) in [5.41, 5.74) is -0.754. The van der Waals surface area contributed by atoms with Gasteiger partial charge in [-0.05, 0) is 23.0 Å². The molecule has 1 amide bonds. The summed E-state index contributed by atoms with van der Waals surface area (Å²) < 4.78 is 38.7. The average Bonchev–Trinajstić information content (AvgIpc) is 2.35. The Morgan fingerprint density at radius 2 is 2.00 bits per heavy atom. The zero-order valence-corrected chi connectivity index (χ0v) is 10.7. The minimum atomic E-state index is -4.65. The van der Waals surface area contributed by atoms with Gasteiger partial charge in [0.1, 0.15) is 0 Å². The molecule has 0 aromatic heterocycles. The molecular weight excluding hydrogens is 274 g/mol. The van der Waals surface area contributed by atoms with Crippen LogP contribution in [0.3, 0.4) is 0 Å². The topological polar surface area (TPSA) is 60.8 Å². The molecule has 20 heavy (non-hydrogen) atoms. The Kier molecular flexibility index (Phi) is 3.79. The van der Waals surface area contributed by atoms with Crippen molar-refractivity contribution in [3.05, 3.63) is 28.8 Å². The number of halogens is 3. The number of hydrogen-bond acceptors (Lipinski definition) is 3. The number of carbonyl (C=O) groups is 1. The summed E-state index contributed by atoms with van der Waals surface area (Å²) in [6.45, 7) is 1.84. The summed E-state index contributed by atoms with van der Waals surface area (Å²) in [4.78, 5) is 12.8. The molecule has 0 saturated carbocycles. The highest BCUT2D eigenvalue weighted by Gasteiger charge is 2.39. The van der Waals surface area contributed by atoms with Crippen LogP contribution in [-0.4, -0.2) is 34.5 Å². The zero-order chi connectivity index (χ0) is 15.1. The van der Waals surface area contributed by atoms with Crippen LogP contribution in [0.25, 0.3) is 0 Å². The summed E-state index contributed by atoms with van der Waals surface area (Å²) in [5, 5.41) is 18.5. The number of amides is 1. The number of fused-ring (bicyclic) bond motifs is 1. The lowest BCUT2D eigenvalue weighted by molar-refractivity contribution is -0.137. The van der Waals surface area contributed by atoms with Gasteiger partial charge in [-0.2, -0.15) is 13.2 Å². The van der Waals surface area contributed by atoms with Gasteiger partial charge in [0, 0.05) is 20.0 Å². The number of benzene rings is 1. The molecule has 0 radical (unpaired) electrons. The molecule has 2 N–H and O–H groups in total. The highest BCUT2D eigenvalue weighted by atomic mass is 19.4. The van der Waals surface area contributed by atoms with E-state index in [9.17, 15) is 28.0 Å². The predicted octanol–water partition coefficient (Wildman–Crippen LogP) is 0.290. The number of nitrogens with zero attached hydrogens (tertiary/aromatic N) is 1. The fourth-order valence-electron chi connectivity index (χ4n) is 2.50. The maximum atomic E-state index is 12.9. The molecule has 0 fully saturated rings. The monoisotopic (exact) mass is 287 g/mol. The van der Waals surface area contributed by atoms with Gasteiger partial charge in [-0.3, -0.25) is 4.79 Å². The number of hydrogen-bond donors (Lipinski definition) is 2. The highest BCUT2D eigenvalue weighted by molar-refractivity contribution is 6.60. The van der Waals surface area contributed by atoms with Crippen molar-refractivity contribution in [2.75, 3.05) is 6.54 Å². The summed E-state index contributed by atoms with van der Waals surface area (Å²) >= 11 is 0. The van der Waals surface area contributed by atoms with Crippen LogP contribution in [0.15, 0.2) is 12.1 Å². The van der Waals surface area contributed by atoms with Crippen molar-refractivity contribution in [2.45, 2.75) is 26.1 Å². The molecule has 1 aliphatic rings. The molecule has 0 saturated heterocycles. The van der Waals surface area contributed by atoms with Crippen molar-refractivity contribution < 1.29 is 28.0 Å². The fraction of sp³-hybridized carbons (Fsp3) is 0.417. The summed E-state index contributed by atoms with van der Waals surface area (Å²) in [6.07, 6.45) is -4.47. The smallest absolute Gasteiger partial charge is 0.423 e. The van der Waals surface area contributed by atoms with Gasteiger partial charge in [-0.15, -0.1) is 0 Å². The first-order valence-corrected chi connectivity index (χ1v) is 6.05. The third-order valence-corrected chi connectivity index (χ3v) is 3.46. The standard InChI is InChI=1S/C12H13BF3NO3/c1-7(18)17-5-4-9-8(6-17)2-3-10(12(14,15)16)11(9)13(19)20/h2-3,19-20H,4-6H2,1H3. The van der Waals surface area contributed by atoms with Crippen molar-refractivity contribution in [1.29, 1.82) is 0 Å².